The van der Waals surface area contributed by atoms with Gasteiger partial charge >= 0.3 is 5.97 Å². The van der Waals surface area contributed by atoms with Crippen LogP contribution < -0.4 is 0 Å². The van der Waals surface area contributed by atoms with Gasteiger partial charge in [0, 0.05) is 24.7 Å². The number of Topliss-reactive ketones (excluding diaryl/α,β-unsaturated/α-hetero) is 1. The average molecular weight is 399 g/mol. The van der Waals surface area contributed by atoms with E-state index in [-0.39, 0.29) is 34.2 Å². The van der Waals surface area contributed by atoms with Gasteiger partial charge in [0.2, 0.25) is 0 Å². The summed E-state index contributed by atoms with van der Waals surface area (Å²) in [4.78, 5) is 25.0. The fourth-order valence-corrected chi connectivity index (χ4v) is 9.71. The second-order valence-corrected chi connectivity index (χ2v) is 11.7. The predicted molar refractivity (Wildman–Crippen MR) is 113 cm³/mol. The Bertz CT molecular complexity index is 757. The molecule has 5 fully saturated rings. The Hall–Kier alpha value is -1.12. The van der Waals surface area contributed by atoms with Crippen LogP contribution in [0.1, 0.15) is 79.1 Å². The number of carbonyl (C=O) groups is 2. The molecule has 29 heavy (non-hydrogen) atoms. The van der Waals surface area contributed by atoms with Crippen molar-refractivity contribution in [2.45, 2.75) is 85.2 Å². The lowest BCUT2D eigenvalue weighted by molar-refractivity contribution is -0.155. The number of esters is 1. The van der Waals surface area contributed by atoms with Crippen molar-refractivity contribution in [3.63, 3.8) is 0 Å². The van der Waals surface area contributed by atoms with Gasteiger partial charge < -0.3 is 4.74 Å². The molecule has 0 amide bonds. The monoisotopic (exact) mass is 398 g/mol. The Kier molecular flexibility index (Phi) is 4.24. The first-order valence-corrected chi connectivity index (χ1v) is 12.0. The Morgan fingerprint density at radius 3 is 2.59 bits per heavy atom. The van der Waals surface area contributed by atoms with Crippen LogP contribution in [-0.4, -0.2) is 17.9 Å². The molecule has 0 N–H and O–H groups in total. The van der Waals surface area contributed by atoms with Gasteiger partial charge in [-0.15, -0.1) is 0 Å². The highest BCUT2D eigenvalue weighted by molar-refractivity contribution is 5.91. The summed E-state index contributed by atoms with van der Waals surface area (Å²) in [6.07, 6.45) is 11.2. The Labute approximate surface area is 176 Å². The normalized spacial score (nSPS) is 51.9. The maximum atomic E-state index is 13.4. The zero-order chi connectivity index (χ0) is 20.8. The largest absolute Gasteiger partial charge is 0.458 e. The zero-order valence-electron chi connectivity index (χ0n) is 18.7. The third-order valence-electron chi connectivity index (χ3n) is 11.1. The van der Waals surface area contributed by atoms with Gasteiger partial charge in [-0.2, -0.15) is 0 Å². The van der Waals surface area contributed by atoms with E-state index in [0.29, 0.717) is 29.5 Å². The lowest BCUT2D eigenvalue weighted by Gasteiger charge is -2.58. The van der Waals surface area contributed by atoms with Crippen LogP contribution in [0.3, 0.4) is 0 Å². The molecule has 0 heterocycles. The maximum absolute atomic E-state index is 13.4. The summed E-state index contributed by atoms with van der Waals surface area (Å²) >= 11 is 0. The molecule has 5 saturated carbocycles. The predicted octanol–water partition coefficient (Wildman–Crippen LogP) is 5.58. The molecule has 0 bridgehead atoms. The van der Waals surface area contributed by atoms with Crippen LogP contribution >= 0.6 is 0 Å². The maximum Gasteiger partial charge on any atom is 0.303 e. The van der Waals surface area contributed by atoms with Crippen molar-refractivity contribution in [3.8, 4) is 0 Å². The molecule has 160 valence electrons. The van der Waals surface area contributed by atoms with Crippen molar-refractivity contribution in [1.29, 1.82) is 0 Å². The Morgan fingerprint density at radius 2 is 1.93 bits per heavy atom. The van der Waals surface area contributed by atoms with Gasteiger partial charge in [-0.25, -0.2) is 0 Å². The molecule has 0 aliphatic heterocycles. The lowest BCUT2D eigenvalue weighted by Crippen LogP contribution is -2.55. The third-order valence-corrected chi connectivity index (χ3v) is 11.1. The van der Waals surface area contributed by atoms with E-state index in [2.05, 4.69) is 27.4 Å². The first-order chi connectivity index (χ1) is 13.7. The van der Waals surface area contributed by atoms with E-state index >= 15 is 0 Å². The third kappa shape index (κ3) is 2.36. The van der Waals surface area contributed by atoms with Gasteiger partial charge in [-0.3, -0.25) is 9.59 Å². The van der Waals surface area contributed by atoms with Crippen LogP contribution in [0, 0.1) is 51.8 Å². The van der Waals surface area contributed by atoms with Crippen molar-refractivity contribution in [2.75, 3.05) is 0 Å². The van der Waals surface area contributed by atoms with E-state index in [9.17, 15) is 9.59 Å². The van der Waals surface area contributed by atoms with Crippen LogP contribution in [-0.2, 0) is 14.3 Å². The number of fused-ring (bicyclic) bond motifs is 4. The van der Waals surface area contributed by atoms with Crippen molar-refractivity contribution in [3.05, 3.63) is 12.7 Å². The number of hydrogen-bond acceptors (Lipinski definition) is 3. The van der Waals surface area contributed by atoms with Gasteiger partial charge in [0.15, 0.2) is 0 Å². The number of ether oxygens (including phenoxy) is 1. The summed E-state index contributed by atoms with van der Waals surface area (Å²) in [6.45, 7) is 12.7. The summed E-state index contributed by atoms with van der Waals surface area (Å²) in [5.41, 5.74) is 0.602. The number of carbonyl (C=O) groups excluding carboxylic acids is 2. The molecule has 5 aliphatic rings. The minimum atomic E-state index is -0.221. The molecule has 5 aliphatic carbocycles. The van der Waals surface area contributed by atoms with Crippen molar-refractivity contribution < 1.29 is 14.3 Å². The van der Waals surface area contributed by atoms with Gasteiger partial charge in [-0.1, -0.05) is 33.4 Å². The molecule has 3 nitrogen and oxygen atoms in total. The zero-order valence-corrected chi connectivity index (χ0v) is 18.7. The lowest BCUT2D eigenvalue weighted by atomic mass is 9.45. The van der Waals surface area contributed by atoms with E-state index in [1.165, 1.54) is 51.9 Å². The molecular weight excluding hydrogens is 360 g/mol. The average Bonchev–Trinajstić information content (AvgIpc) is 3.20. The SMILES string of the molecule is C=C[C@@H](OC(C)=O)[C@@H](C)[C@H]1CC[C@H]2[C@@H]3CC(=O)[C@]45C[C@H]4CC[C@]5(C)[C@H]3CC[C@]12C. The van der Waals surface area contributed by atoms with Crippen LogP contribution in [0.15, 0.2) is 12.7 Å². The highest BCUT2D eigenvalue weighted by atomic mass is 16.5. The topological polar surface area (TPSA) is 43.4 Å². The first kappa shape index (κ1) is 19.8. The molecule has 0 unspecified atom stereocenters. The highest BCUT2D eigenvalue weighted by Crippen LogP contribution is 2.80. The van der Waals surface area contributed by atoms with Crippen LogP contribution in [0.5, 0.6) is 0 Å². The van der Waals surface area contributed by atoms with Crippen LogP contribution in [0.2, 0.25) is 0 Å². The first-order valence-electron chi connectivity index (χ1n) is 12.0. The molecule has 0 aromatic carbocycles. The van der Waals surface area contributed by atoms with E-state index in [0.717, 1.165) is 12.3 Å². The fraction of sp³-hybridized carbons (Fsp3) is 0.846. The molecule has 1 spiro atoms. The second-order valence-electron chi connectivity index (χ2n) is 11.7. The van der Waals surface area contributed by atoms with E-state index in [1.807, 2.05) is 6.08 Å². The van der Waals surface area contributed by atoms with E-state index < -0.39 is 0 Å². The van der Waals surface area contributed by atoms with E-state index in [1.54, 1.807) is 0 Å². The minimum Gasteiger partial charge on any atom is -0.458 e. The summed E-state index contributed by atoms with van der Waals surface area (Å²) in [6, 6.07) is 0. The highest BCUT2D eigenvalue weighted by Gasteiger charge is 2.77. The van der Waals surface area contributed by atoms with Crippen molar-refractivity contribution in [1.82, 2.24) is 0 Å². The Morgan fingerprint density at radius 1 is 1.17 bits per heavy atom. The molecule has 5 rings (SSSR count). The minimum absolute atomic E-state index is 0.0798. The second kappa shape index (κ2) is 6.20. The fourth-order valence-electron chi connectivity index (χ4n) is 9.71. The molecule has 0 radical (unpaired) electrons. The van der Waals surface area contributed by atoms with Gasteiger partial charge in [-0.05, 0) is 85.4 Å². The number of ketones is 1. The summed E-state index contributed by atoms with van der Waals surface area (Å²) in [7, 11) is 0. The molecule has 0 saturated heterocycles. The van der Waals surface area contributed by atoms with Crippen molar-refractivity contribution >= 4 is 11.8 Å². The van der Waals surface area contributed by atoms with Crippen molar-refractivity contribution in [2.24, 2.45) is 51.8 Å². The summed E-state index contributed by atoms with van der Waals surface area (Å²) < 4.78 is 5.60. The molecular formula is C26H38O3. The molecule has 10 atom stereocenters. The molecule has 0 aromatic heterocycles. The molecule has 3 heteroatoms. The number of rotatable bonds is 4. The summed E-state index contributed by atoms with van der Waals surface area (Å²) in [5.74, 6) is 3.88. The number of hydrogen-bond donors (Lipinski definition) is 0. The Balaban J connectivity index is 1.42. The summed E-state index contributed by atoms with van der Waals surface area (Å²) in [5, 5.41) is 0. The van der Waals surface area contributed by atoms with Gasteiger partial charge in [0.05, 0.1) is 0 Å². The van der Waals surface area contributed by atoms with Gasteiger partial charge in [0.1, 0.15) is 11.9 Å². The van der Waals surface area contributed by atoms with E-state index in [4.69, 9.17) is 4.74 Å². The molecule has 0 aromatic rings. The smallest absolute Gasteiger partial charge is 0.303 e. The van der Waals surface area contributed by atoms with Crippen LogP contribution in [0.25, 0.3) is 0 Å². The van der Waals surface area contributed by atoms with Crippen LogP contribution in [0.4, 0.5) is 0 Å². The quantitative estimate of drug-likeness (QED) is 0.459. The standard InChI is InChI=1S/C26H38O3/c1-6-22(29-16(3)27)15(2)19-7-8-20-18-13-23(28)26-14-17(26)9-12-25(26,5)21(18)10-11-24(19,20)4/h6,15,17-22H,1,7-14H2,2-5H3/t15-,17+,18-,19+,20-,21-,22+,24+,25+,26-/m0/s1. The van der Waals surface area contributed by atoms with Gasteiger partial charge in [0.25, 0.3) is 0 Å².